The fourth-order valence-electron chi connectivity index (χ4n) is 1.23. The van der Waals surface area contributed by atoms with Crippen LogP contribution >= 0.6 is 0 Å². The SMILES string of the molecule is COC(=O)CN(C(=O)c1ccco1)C(C)C. The van der Waals surface area contributed by atoms with Crippen molar-refractivity contribution in [2.75, 3.05) is 13.7 Å². The van der Waals surface area contributed by atoms with E-state index in [1.807, 2.05) is 13.8 Å². The van der Waals surface area contributed by atoms with E-state index in [9.17, 15) is 9.59 Å². The number of carbonyl (C=O) groups excluding carboxylic acids is 2. The minimum Gasteiger partial charge on any atom is -0.468 e. The van der Waals surface area contributed by atoms with Crippen LogP contribution in [0.4, 0.5) is 0 Å². The van der Waals surface area contributed by atoms with Crippen LogP contribution in [0.5, 0.6) is 0 Å². The van der Waals surface area contributed by atoms with Crippen molar-refractivity contribution in [1.29, 1.82) is 0 Å². The van der Waals surface area contributed by atoms with Crippen molar-refractivity contribution < 1.29 is 18.7 Å². The lowest BCUT2D eigenvalue weighted by atomic mass is 10.3. The zero-order valence-corrected chi connectivity index (χ0v) is 9.60. The van der Waals surface area contributed by atoms with Gasteiger partial charge in [-0.25, -0.2) is 0 Å². The van der Waals surface area contributed by atoms with Crippen molar-refractivity contribution in [2.24, 2.45) is 0 Å². The standard InChI is InChI=1S/C11H15NO4/c1-8(2)12(7-10(13)15-3)11(14)9-5-4-6-16-9/h4-6,8H,7H2,1-3H3. The van der Waals surface area contributed by atoms with Gasteiger partial charge in [0.1, 0.15) is 6.54 Å². The number of rotatable bonds is 4. The van der Waals surface area contributed by atoms with E-state index in [0.29, 0.717) is 0 Å². The highest BCUT2D eigenvalue weighted by molar-refractivity contribution is 5.93. The van der Waals surface area contributed by atoms with Crippen LogP contribution in [-0.4, -0.2) is 36.5 Å². The summed E-state index contributed by atoms with van der Waals surface area (Å²) in [6.07, 6.45) is 1.42. The second-order valence-electron chi connectivity index (χ2n) is 3.58. The smallest absolute Gasteiger partial charge is 0.325 e. The molecule has 0 aliphatic rings. The summed E-state index contributed by atoms with van der Waals surface area (Å²) in [5.41, 5.74) is 0. The van der Waals surface area contributed by atoms with Gasteiger partial charge in [0, 0.05) is 6.04 Å². The summed E-state index contributed by atoms with van der Waals surface area (Å²) >= 11 is 0. The van der Waals surface area contributed by atoms with Gasteiger partial charge in [0.15, 0.2) is 5.76 Å². The second kappa shape index (κ2) is 5.34. The molecule has 0 N–H and O–H groups in total. The molecule has 0 saturated heterocycles. The van der Waals surface area contributed by atoms with Gasteiger partial charge in [-0.15, -0.1) is 0 Å². The number of hydrogen-bond donors (Lipinski definition) is 0. The predicted molar refractivity (Wildman–Crippen MR) is 56.9 cm³/mol. The summed E-state index contributed by atoms with van der Waals surface area (Å²) in [7, 11) is 1.29. The Morgan fingerprint density at radius 1 is 1.50 bits per heavy atom. The number of nitrogens with zero attached hydrogens (tertiary/aromatic N) is 1. The fourth-order valence-corrected chi connectivity index (χ4v) is 1.23. The van der Waals surface area contributed by atoms with Crippen molar-refractivity contribution >= 4 is 11.9 Å². The maximum absolute atomic E-state index is 11.9. The number of carbonyl (C=O) groups is 2. The minimum atomic E-state index is -0.450. The summed E-state index contributed by atoms with van der Waals surface area (Å²) in [5, 5.41) is 0. The molecule has 0 fully saturated rings. The topological polar surface area (TPSA) is 59.8 Å². The molecule has 1 rings (SSSR count). The van der Waals surface area contributed by atoms with Crippen molar-refractivity contribution in [1.82, 2.24) is 4.90 Å². The van der Waals surface area contributed by atoms with Crippen molar-refractivity contribution in [3.63, 3.8) is 0 Å². The Hall–Kier alpha value is -1.78. The molecule has 0 aliphatic carbocycles. The first kappa shape index (κ1) is 12.3. The van der Waals surface area contributed by atoms with Gasteiger partial charge in [0.05, 0.1) is 13.4 Å². The van der Waals surface area contributed by atoms with Gasteiger partial charge in [-0.05, 0) is 26.0 Å². The van der Waals surface area contributed by atoms with Crippen LogP contribution in [0.2, 0.25) is 0 Å². The van der Waals surface area contributed by atoms with Crippen molar-refractivity contribution in [2.45, 2.75) is 19.9 Å². The Morgan fingerprint density at radius 2 is 2.19 bits per heavy atom. The minimum absolute atomic E-state index is 0.0757. The molecule has 1 heterocycles. The quantitative estimate of drug-likeness (QED) is 0.725. The maximum atomic E-state index is 11.9. The third-order valence-corrected chi connectivity index (χ3v) is 2.14. The monoisotopic (exact) mass is 225 g/mol. The lowest BCUT2D eigenvalue weighted by Crippen LogP contribution is -2.40. The number of hydrogen-bond acceptors (Lipinski definition) is 4. The molecule has 1 amide bonds. The Labute approximate surface area is 94.0 Å². The molecule has 0 aromatic carbocycles. The molecular weight excluding hydrogens is 210 g/mol. The van der Waals surface area contributed by atoms with Crippen molar-refractivity contribution in [3.8, 4) is 0 Å². The van der Waals surface area contributed by atoms with E-state index in [4.69, 9.17) is 4.42 Å². The molecule has 0 unspecified atom stereocenters. The van der Waals surface area contributed by atoms with E-state index < -0.39 is 5.97 Å². The van der Waals surface area contributed by atoms with Crippen LogP contribution in [0.3, 0.4) is 0 Å². The highest BCUT2D eigenvalue weighted by atomic mass is 16.5. The predicted octanol–water partition coefficient (Wildman–Crippen LogP) is 1.30. The first-order chi connectivity index (χ1) is 7.56. The molecule has 5 nitrogen and oxygen atoms in total. The summed E-state index contributed by atoms with van der Waals surface area (Å²) in [4.78, 5) is 24.5. The molecule has 0 saturated carbocycles. The van der Waals surface area contributed by atoms with E-state index in [2.05, 4.69) is 4.74 Å². The molecule has 0 radical (unpaired) electrons. The molecule has 0 atom stereocenters. The van der Waals surface area contributed by atoms with Crippen LogP contribution in [0.25, 0.3) is 0 Å². The van der Waals surface area contributed by atoms with E-state index >= 15 is 0 Å². The second-order valence-corrected chi connectivity index (χ2v) is 3.58. The molecule has 0 spiro atoms. The van der Waals surface area contributed by atoms with Gasteiger partial charge >= 0.3 is 5.97 Å². The molecule has 1 aromatic rings. The summed E-state index contributed by atoms with van der Waals surface area (Å²) in [6, 6.07) is 3.09. The van der Waals surface area contributed by atoms with Crippen LogP contribution in [0, 0.1) is 0 Å². The van der Waals surface area contributed by atoms with Gasteiger partial charge in [-0.1, -0.05) is 0 Å². The van der Waals surface area contributed by atoms with Gasteiger partial charge in [0.25, 0.3) is 5.91 Å². The molecule has 0 bridgehead atoms. The number of esters is 1. The zero-order chi connectivity index (χ0) is 12.1. The normalized spacial score (nSPS) is 10.2. The van der Waals surface area contributed by atoms with E-state index in [-0.39, 0.29) is 24.3 Å². The summed E-state index contributed by atoms with van der Waals surface area (Å²) in [5.74, 6) is -0.545. The Bertz CT molecular complexity index is 356. The van der Waals surface area contributed by atoms with Gasteiger partial charge in [-0.3, -0.25) is 9.59 Å². The first-order valence-electron chi connectivity index (χ1n) is 4.97. The van der Waals surface area contributed by atoms with Crippen molar-refractivity contribution in [3.05, 3.63) is 24.2 Å². The average molecular weight is 225 g/mol. The van der Waals surface area contributed by atoms with E-state index in [1.165, 1.54) is 18.3 Å². The average Bonchev–Trinajstić information content (AvgIpc) is 2.77. The molecule has 5 heteroatoms. The van der Waals surface area contributed by atoms with E-state index in [1.54, 1.807) is 12.1 Å². The highest BCUT2D eigenvalue weighted by Gasteiger charge is 2.23. The van der Waals surface area contributed by atoms with Crippen LogP contribution in [0.1, 0.15) is 24.4 Å². The largest absolute Gasteiger partial charge is 0.468 e. The third-order valence-electron chi connectivity index (χ3n) is 2.14. The Morgan fingerprint density at radius 3 is 2.62 bits per heavy atom. The Balaban J connectivity index is 2.78. The first-order valence-corrected chi connectivity index (χ1v) is 4.97. The van der Waals surface area contributed by atoms with Crippen LogP contribution in [-0.2, 0) is 9.53 Å². The lowest BCUT2D eigenvalue weighted by molar-refractivity contribution is -0.141. The molecule has 16 heavy (non-hydrogen) atoms. The molecular formula is C11H15NO4. The number of methoxy groups -OCH3 is 1. The lowest BCUT2D eigenvalue weighted by Gasteiger charge is -2.24. The number of amides is 1. The third kappa shape index (κ3) is 2.85. The number of furan rings is 1. The number of ether oxygens (including phenoxy) is 1. The van der Waals surface area contributed by atoms with E-state index in [0.717, 1.165) is 0 Å². The van der Waals surface area contributed by atoms with Gasteiger partial charge in [0.2, 0.25) is 0 Å². The molecule has 88 valence electrons. The fraction of sp³-hybridized carbons (Fsp3) is 0.455. The molecule has 1 aromatic heterocycles. The van der Waals surface area contributed by atoms with Gasteiger partial charge < -0.3 is 14.1 Å². The van der Waals surface area contributed by atoms with Crippen LogP contribution in [0.15, 0.2) is 22.8 Å². The molecule has 0 aliphatic heterocycles. The summed E-state index contributed by atoms with van der Waals surface area (Å²) < 4.78 is 9.53. The van der Waals surface area contributed by atoms with Crippen LogP contribution < -0.4 is 0 Å². The zero-order valence-electron chi connectivity index (χ0n) is 9.60. The Kier molecular flexibility index (Phi) is 4.10. The highest BCUT2D eigenvalue weighted by Crippen LogP contribution is 2.09. The maximum Gasteiger partial charge on any atom is 0.325 e. The van der Waals surface area contributed by atoms with Gasteiger partial charge in [-0.2, -0.15) is 0 Å². The summed E-state index contributed by atoms with van der Waals surface area (Å²) in [6.45, 7) is 3.57.